The zero-order valence-corrected chi connectivity index (χ0v) is 13.1. The molecular weight excluding hydrogens is 304 g/mol. The second-order valence-corrected chi connectivity index (χ2v) is 5.02. The van der Waals surface area contributed by atoms with Gasteiger partial charge in [0.2, 0.25) is 0 Å². The van der Waals surface area contributed by atoms with Gasteiger partial charge in [0.05, 0.1) is 11.4 Å². The van der Waals surface area contributed by atoms with Gasteiger partial charge in [0, 0.05) is 5.56 Å². The molecule has 1 N–H and O–H groups in total. The number of carbonyl (C=O) groups excluding carboxylic acids is 1. The molecule has 24 heavy (non-hydrogen) atoms. The van der Waals surface area contributed by atoms with E-state index >= 15 is 0 Å². The summed E-state index contributed by atoms with van der Waals surface area (Å²) in [4.78, 5) is 12.2. The molecule has 1 aromatic heterocycles. The minimum Gasteiger partial charge on any atom is -0.267 e. The lowest BCUT2D eigenvalue weighted by Crippen LogP contribution is -2.20. The predicted molar refractivity (Wildman–Crippen MR) is 89.9 cm³/mol. The predicted octanol–water partition coefficient (Wildman–Crippen LogP) is 2.21. The van der Waals surface area contributed by atoms with Crippen LogP contribution in [0.2, 0.25) is 0 Å². The number of tetrazole rings is 1. The fourth-order valence-electron chi connectivity index (χ4n) is 2.21. The molecular formula is C17H16N6O. The van der Waals surface area contributed by atoms with Crippen LogP contribution >= 0.6 is 0 Å². The first kappa shape index (κ1) is 15.5. The van der Waals surface area contributed by atoms with Crippen LogP contribution in [0, 0.1) is 0 Å². The lowest BCUT2D eigenvalue weighted by molar-refractivity contribution is 0.0955. The number of benzene rings is 2. The van der Waals surface area contributed by atoms with E-state index in [9.17, 15) is 4.79 Å². The number of nitrogens with one attached hydrogen (secondary N) is 1. The summed E-state index contributed by atoms with van der Waals surface area (Å²) in [5, 5.41) is 15.2. The zero-order chi connectivity index (χ0) is 16.8. The highest BCUT2D eigenvalue weighted by Crippen LogP contribution is 2.08. The third-order valence-corrected chi connectivity index (χ3v) is 3.48. The Morgan fingerprint density at radius 3 is 2.46 bits per heavy atom. The maximum Gasteiger partial charge on any atom is 0.271 e. The average Bonchev–Trinajstić information content (AvgIpc) is 3.18. The highest BCUT2D eigenvalue weighted by Gasteiger charge is 2.07. The van der Waals surface area contributed by atoms with Crippen molar-refractivity contribution in [2.45, 2.75) is 13.3 Å². The van der Waals surface area contributed by atoms with Crippen molar-refractivity contribution in [3.63, 3.8) is 0 Å². The van der Waals surface area contributed by atoms with E-state index in [1.165, 1.54) is 11.0 Å². The number of hydrogen-bond donors (Lipinski definition) is 1. The van der Waals surface area contributed by atoms with Crippen LogP contribution in [0.3, 0.4) is 0 Å². The van der Waals surface area contributed by atoms with Gasteiger partial charge in [-0.05, 0) is 46.7 Å². The standard InChI is InChI=1S/C17H16N6O/c1-2-16(13-6-4-3-5-7-13)19-20-17(24)14-8-10-15(11-9-14)23-12-18-21-22-23/h3-12H,2H2,1H3,(H,20,24)/b19-16-. The first-order chi connectivity index (χ1) is 11.8. The molecule has 0 bridgehead atoms. The molecule has 120 valence electrons. The Kier molecular flexibility index (Phi) is 4.71. The van der Waals surface area contributed by atoms with Gasteiger partial charge in [0.1, 0.15) is 6.33 Å². The first-order valence-corrected chi connectivity index (χ1v) is 7.53. The van der Waals surface area contributed by atoms with E-state index in [2.05, 4.69) is 26.1 Å². The van der Waals surface area contributed by atoms with Gasteiger partial charge in [-0.2, -0.15) is 5.10 Å². The van der Waals surface area contributed by atoms with Crippen molar-refractivity contribution >= 4 is 11.6 Å². The average molecular weight is 320 g/mol. The van der Waals surface area contributed by atoms with Crippen LogP contribution in [-0.2, 0) is 0 Å². The second-order valence-electron chi connectivity index (χ2n) is 5.02. The molecule has 0 unspecified atom stereocenters. The molecule has 0 aliphatic rings. The van der Waals surface area contributed by atoms with Gasteiger partial charge in [-0.15, -0.1) is 5.10 Å². The summed E-state index contributed by atoms with van der Waals surface area (Å²) in [6.07, 6.45) is 2.22. The van der Waals surface area contributed by atoms with Crippen LogP contribution < -0.4 is 5.43 Å². The third-order valence-electron chi connectivity index (χ3n) is 3.48. The van der Waals surface area contributed by atoms with Gasteiger partial charge >= 0.3 is 0 Å². The molecule has 0 radical (unpaired) electrons. The Balaban J connectivity index is 1.71. The summed E-state index contributed by atoms with van der Waals surface area (Å²) in [5.74, 6) is -0.264. The molecule has 0 atom stereocenters. The van der Waals surface area contributed by atoms with Crippen LogP contribution in [0.4, 0.5) is 0 Å². The SMILES string of the molecule is CC/C(=N/NC(=O)c1ccc(-n2cnnn2)cc1)c1ccccc1. The molecule has 0 spiro atoms. The lowest BCUT2D eigenvalue weighted by Gasteiger charge is -2.06. The van der Waals surface area contributed by atoms with Crippen LogP contribution in [0.15, 0.2) is 66.0 Å². The summed E-state index contributed by atoms with van der Waals surface area (Å²) in [7, 11) is 0. The molecule has 7 heteroatoms. The third kappa shape index (κ3) is 3.52. The number of hydrogen-bond acceptors (Lipinski definition) is 5. The lowest BCUT2D eigenvalue weighted by atomic mass is 10.1. The molecule has 3 aromatic rings. The number of amides is 1. The minimum atomic E-state index is -0.264. The van der Waals surface area contributed by atoms with Crippen LogP contribution in [0.25, 0.3) is 5.69 Å². The molecule has 0 aliphatic carbocycles. The number of rotatable bonds is 5. The van der Waals surface area contributed by atoms with E-state index in [-0.39, 0.29) is 5.91 Å². The smallest absolute Gasteiger partial charge is 0.267 e. The molecule has 0 saturated heterocycles. The van der Waals surface area contributed by atoms with Crippen LogP contribution in [0.5, 0.6) is 0 Å². The number of hydrazone groups is 1. The van der Waals surface area contributed by atoms with E-state index < -0.39 is 0 Å². The maximum atomic E-state index is 12.2. The van der Waals surface area contributed by atoms with Gasteiger partial charge in [-0.3, -0.25) is 4.79 Å². The van der Waals surface area contributed by atoms with Gasteiger partial charge in [-0.25, -0.2) is 10.1 Å². The van der Waals surface area contributed by atoms with Crippen molar-refractivity contribution < 1.29 is 4.79 Å². The fourth-order valence-corrected chi connectivity index (χ4v) is 2.21. The second kappa shape index (κ2) is 7.28. The van der Waals surface area contributed by atoms with Crippen molar-refractivity contribution in [2.75, 3.05) is 0 Å². The van der Waals surface area contributed by atoms with E-state index in [0.717, 1.165) is 23.4 Å². The molecule has 0 aliphatic heterocycles. The largest absolute Gasteiger partial charge is 0.271 e. The topological polar surface area (TPSA) is 85.1 Å². The Bertz CT molecular complexity index is 825. The molecule has 0 saturated carbocycles. The van der Waals surface area contributed by atoms with Crippen LogP contribution in [0.1, 0.15) is 29.3 Å². The summed E-state index contributed by atoms with van der Waals surface area (Å²) in [6.45, 7) is 2.00. The van der Waals surface area contributed by atoms with E-state index in [4.69, 9.17) is 0 Å². The highest BCUT2D eigenvalue weighted by atomic mass is 16.2. The Morgan fingerprint density at radius 1 is 1.08 bits per heavy atom. The van der Waals surface area contributed by atoms with Crippen molar-refractivity contribution in [1.82, 2.24) is 25.6 Å². The Hall–Kier alpha value is -3.35. The van der Waals surface area contributed by atoms with Crippen molar-refractivity contribution in [2.24, 2.45) is 5.10 Å². The van der Waals surface area contributed by atoms with Crippen molar-refractivity contribution in [3.8, 4) is 5.69 Å². The van der Waals surface area contributed by atoms with Crippen LogP contribution in [-0.4, -0.2) is 31.8 Å². The number of nitrogens with zero attached hydrogens (tertiary/aromatic N) is 5. The number of aromatic nitrogens is 4. The molecule has 2 aromatic carbocycles. The summed E-state index contributed by atoms with van der Waals surface area (Å²) in [6, 6.07) is 16.7. The Morgan fingerprint density at radius 2 is 1.83 bits per heavy atom. The van der Waals surface area contributed by atoms with E-state index in [0.29, 0.717) is 5.56 Å². The molecule has 1 heterocycles. The van der Waals surface area contributed by atoms with Gasteiger partial charge in [-0.1, -0.05) is 37.3 Å². The van der Waals surface area contributed by atoms with Crippen molar-refractivity contribution in [1.29, 1.82) is 0 Å². The van der Waals surface area contributed by atoms with Crippen molar-refractivity contribution in [3.05, 3.63) is 72.1 Å². The first-order valence-electron chi connectivity index (χ1n) is 7.53. The Labute approximate surface area is 139 Å². The monoisotopic (exact) mass is 320 g/mol. The summed E-state index contributed by atoms with van der Waals surface area (Å²) in [5.41, 5.74) is 5.72. The van der Waals surface area contributed by atoms with Gasteiger partial charge in [0.15, 0.2) is 0 Å². The fraction of sp³-hybridized carbons (Fsp3) is 0.118. The summed E-state index contributed by atoms with van der Waals surface area (Å²) >= 11 is 0. The highest BCUT2D eigenvalue weighted by molar-refractivity contribution is 6.02. The maximum absolute atomic E-state index is 12.2. The van der Waals surface area contributed by atoms with E-state index in [1.54, 1.807) is 24.3 Å². The molecule has 7 nitrogen and oxygen atoms in total. The zero-order valence-electron chi connectivity index (χ0n) is 13.1. The quantitative estimate of drug-likeness (QED) is 0.577. The molecule has 1 amide bonds. The molecule has 0 fully saturated rings. The summed E-state index contributed by atoms with van der Waals surface area (Å²) < 4.78 is 1.52. The molecule has 3 rings (SSSR count). The normalized spacial score (nSPS) is 11.3. The van der Waals surface area contributed by atoms with Gasteiger partial charge in [0.25, 0.3) is 5.91 Å². The van der Waals surface area contributed by atoms with Gasteiger partial charge < -0.3 is 0 Å². The minimum absolute atomic E-state index is 0.264. The number of carbonyl (C=O) groups is 1. The van der Waals surface area contributed by atoms with E-state index in [1.807, 2.05) is 37.3 Å².